The van der Waals surface area contributed by atoms with Gasteiger partial charge in [0.2, 0.25) is 0 Å². The van der Waals surface area contributed by atoms with E-state index in [9.17, 15) is 9.59 Å². The Kier molecular flexibility index (Phi) is 5.90. The third-order valence-electron chi connectivity index (χ3n) is 3.54. The molecule has 0 spiro atoms. The fourth-order valence-corrected chi connectivity index (χ4v) is 3.74. The molecule has 0 bridgehead atoms. The minimum atomic E-state index is -0.876. The number of hydrogen-bond donors (Lipinski definition) is 1. The summed E-state index contributed by atoms with van der Waals surface area (Å²) in [4.78, 5) is 29.7. The second kappa shape index (κ2) is 8.33. The highest BCUT2D eigenvalue weighted by molar-refractivity contribution is 9.10. The first-order valence-corrected chi connectivity index (χ1v) is 9.62. The third kappa shape index (κ3) is 4.42. The second-order valence-electron chi connectivity index (χ2n) is 5.45. The number of benzene rings is 2. The molecule has 3 rings (SSSR count). The molecule has 1 amide bonds. The lowest BCUT2D eigenvalue weighted by Gasteiger charge is -2.17. The molecule has 0 atom stereocenters. The van der Waals surface area contributed by atoms with Crippen LogP contribution >= 0.6 is 27.7 Å². The maximum Gasteiger partial charge on any atom is 0.304 e. The minimum absolute atomic E-state index is 0.00515. The van der Waals surface area contributed by atoms with E-state index in [0.717, 1.165) is 10.0 Å². The van der Waals surface area contributed by atoms with Crippen LogP contribution in [0.25, 0.3) is 6.08 Å². The zero-order valence-corrected chi connectivity index (χ0v) is 16.0. The van der Waals surface area contributed by atoms with Gasteiger partial charge in [-0.1, -0.05) is 58.0 Å². The Labute approximate surface area is 163 Å². The number of para-hydroxylation sites is 1. The van der Waals surface area contributed by atoms with Crippen LogP contribution < -0.4 is 4.90 Å². The molecule has 2 aromatic rings. The highest BCUT2D eigenvalue weighted by Gasteiger charge is 2.31. The van der Waals surface area contributed by atoms with Crippen LogP contribution in [-0.4, -0.2) is 27.9 Å². The van der Waals surface area contributed by atoms with E-state index >= 15 is 0 Å². The van der Waals surface area contributed by atoms with E-state index in [-0.39, 0.29) is 12.3 Å². The number of amidine groups is 1. The van der Waals surface area contributed by atoms with Gasteiger partial charge in [-0.25, -0.2) is 4.99 Å². The van der Waals surface area contributed by atoms with E-state index in [1.807, 2.05) is 54.6 Å². The standard InChI is InChI=1S/C19H15BrN2O3S/c20-14-6-4-5-13(11-14)12-16-18(25)22(15-7-2-1-3-8-15)19(21-16)26-10-9-17(23)24/h1-8,11-12H,9-10H2,(H,23,24)/b16-12+. The van der Waals surface area contributed by atoms with Crippen molar-refractivity contribution in [3.05, 3.63) is 70.3 Å². The van der Waals surface area contributed by atoms with Crippen molar-refractivity contribution in [3.63, 3.8) is 0 Å². The molecule has 0 aliphatic carbocycles. The average molecular weight is 431 g/mol. The smallest absolute Gasteiger partial charge is 0.304 e. The predicted octanol–water partition coefficient (Wildman–Crippen LogP) is 4.40. The summed E-state index contributed by atoms with van der Waals surface area (Å²) < 4.78 is 0.914. The minimum Gasteiger partial charge on any atom is -0.481 e. The van der Waals surface area contributed by atoms with Gasteiger partial charge in [0.25, 0.3) is 5.91 Å². The maximum absolute atomic E-state index is 12.9. The summed E-state index contributed by atoms with van der Waals surface area (Å²) in [7, 11) is 0. The number of aliphatic imine (C=N–C) groups is 1. The number of hydrogen-bond acceptors (Lipinski definition) is 4. The van der Waals surface area contributed by atoms with Crippen molar-refractivity contribution in [1.29, 1.82) is 0 Å². The summed E-state index contributed by atoms with van der Waals surface area (Å²) >= 11 is 4.68. The van der Waals surface area contributed by atoms with E-state index in [4.69, 9.17) is 5.11 Å². The van der Waals surface area contributed by atoms with Crippen LogP contribution in [0.1, 0.15) is 12.0 Å². The first kappa shape index (κ1) is 18.4. The van der Waals surface area contributed by atoms with Gasteiger partial charge in [-0.05, 0) is 35.9 Å². The first-order valence-electron chi connectivity index (χ1n) is 7.84. The zero-order chi connectivity index (χ0) is 18.5. The predicted molar refractivity (Wildman–Crippen MR) is 108 cm³/mol. The maximum atomic E-state index is 12.9. The van der Waals surface area contributed by atoms with E-state index < -0.39 is 5.97 Å². The van der Waals surface area contributed by atoms with Gasteiger partial charge in [-0.15, -0.1) is 0 Å². The highest BCUT2D eigenvalue weighted by Crippen LogP contribution is 2.29. The molecule has 0 saturated heterocycles. The van der Waals surface area contributed by atoms with Gasteiger partial charge in [0, 0.05) is 10.2 Å². The summed E-state index contributed by atoms with van der Waals surface area (Å²) in [6.07, 6.45) is 1.74. The summed E-state index contributed by atoms with van der Waals surface area (Å²) in [5.41, 5.74) is 1.89. The van der Waals surface area contributed by atoms with E-state index in [2.05, 4.69) is 20.9 Å². The average Bonchev–Trinajstić information content (AvgIpc) is 2.91. The second-order valence-corrected chi connectivity index (χ2v) is 7.43. The fraction of sp³-hybridized carbons (Fsp3) is 0.105. The van der Waals surface area contributed by atoms with Crippen LogP contribution in [0.2, 0.25) is 0 Å². The number of carbonyl (C=O) groups is 2. The van der Waals surface area contributed by atoms with Gasteiger partial charge in [-0.3, -0.25) is 14.5 Å². The molecule has 1 aliphatic heterocycles. The van der Waals surface area contributed by atoms with Crippen LogP contribution in [0, 0.1) is 0 Å². The summed E-state index contributed by atoms with van der Waals surface area (Å²) in [5, 5.41) is 9.34. The molecule has 0 radical (unpaired) electrons. The number of aliphatic carboxylic acids is 1. The van der Waals surface area contributed by atoms with Gasteiger partial charge in [-0.2, -0.15) is 0 Å². The Bertz CT molecular complexity index is 897. The molecule has 26 heavy (non-hydrogen) atoms. The molecule has 1 N–H and O–H groups in total. The number of rotatable bonds is 5. The van der Waals surface area contributed by atoms with Crippen molar-refractivity contribution in [2.24, 2.45) is 4.99 Å². The largest absolute Gasteiger partial charge is 0.481 e. The number of carboxylic acids is 1. The van der Waals surface area contributed by atoms with Crippen molar-refractivity contribution in [2.75, 3.05) is 10.7 Å². The van der Waals surface area contributed by atoms with Crippen molar-refractivity contribution in [1.82, 2.24) is 0 Å². The number of carbonyl (C=O) groups excluding carboxylic acids is 1. The fourth-order valence-electron chi connectivity index (χ4n) is 2.38. The Hall–Kier alpha value is -2.38. The number of nitrogens with zero attached hydrogens (tertiary/aromatic N) is 2. The van der Waals surface area contributed by atoms with Gasteiger partial charge in [0.15, 0.2) is 5.17 Å². The van der Waals surface area contributed by atoms with Crippen molar-refractivity contribution in [3.8, 4) is 0 Å². The van der Waals surface area contributed by atoms with Crippen molar-refractivity contribution >= 4 is 56.5 Å². The first-order chi connectivity index (χ1) is 12.5. The quantitative estimate of drug-likeness (QED) is 0.713. The Balaban J connectivity index is 1.92. The lowest BCUT2D eigenvalue weighted by Crippen LogP contribution is -2.30. The number of carboxylic acid groups (broad SMARTS) is 1. The van der Waals surface area contributed by atoms with Gasteiger partial charge in [0.1, 0.15) is 5.70 Å². The monoisotopic (exact) mass is 430 g/mol. The van der Waals surface area contributed by atoms with E-state index in [1.54, 1.807) is 6.08 Å². The Morgan fingerprint density at radius 1 is 1.19 bits per heavy atom. The van der Waals surface area contributed by atoms with Crippen LogP contribution in [0.5, 0.6) is 0 Å². The zero-order valence-electron chi connectivity index (χ0n) is 13.6. The van der Waals surface area contributed by atoms with Crippen LogP contribution in [0.15, 0.2) is 69.8 Å². The molecule has 0 aromatic heterocycles. The molecule has 0 saturated carbocycles. The van der Waals surface area contributed by atoms with Gasteiger partial charge < -0.3 is 5.11 Å². The lowest BCUT2D eigenvalue weighted by molar-refractivity contribution is -0.136. The summed E-state index contributed by atoms with van der Waals surface area (Å²) in [5.74, 6) is -0.762. The number of halogens is 1. The normalized spacial score (nSPS) is 15.4. The molecule has 2 aromatic carbocycles. The van der Waals surface area contributed by atoms with E-state index in [0.29, 0.717) is 22.3 Å². The summed E-state index contributed by atoms with van der Waals surface area (Å²) in [6.45, 7) is 0. The summed E-state index contributed by atoms with van der Waals surface area (Å²) in [6, 6.07) is 16.8. The molecule has 132 valence electrons. The molecule has 5 nitrogen and oxygen atoms in total. The SMILES string of the molecule is O=C(O)CCSC1=N/C(=C/c2cccc(Br)c2)C(=O)N1c1ccccc1. The Morgan fingerprint density at radius 3 is 2.65 bits per heavy atom. The van der Waals surface area contributed by atoms with Crippen LogP contribution in [0.3, 0.4) is 0 Å². The molecular formula is C19H15BrN2O3S. The lowest BCUT2D eigenvalue weighted by atomic mass is 10.2. The number of anilines is 1. The van der Waals surface area contributed by atoms with Crippen molar-refractivity contribution in [2.45, 2.75) is 6.42 Å². The molecule has 7 heteroatoms. The molecular weight excluding hydrogens is 416 g/mol. The van der Waals surface area contributed by atoms with Crippen LogP contribution in [0.4, 0.5) is 5.69 Å². The molecule has 0 unspecified atom stereocenters. The molecule has 1 aliphatic rings. The topological polar surface area (TPSA) is 70.0 Å². The van der Waals surface area contributed by atoms with Crippen molar-refractivity contribution < 1.29 is 14.7 Å². The third-order valence-corrected chi connectivity index (χ3v) is 4.98. The number of amides is 1. The highest BCUT2D eigenvalue weighted by atomic mass is 79.9. The molecule has 0 fully saturated rings. The van der Waals surface area contributed by atoms with Gasteiger partial charge >= 0.3 is 5.97 Å². The van der Waals surface area contributed by atoms with Crippen LogP contribution in [-0.2, 0) is 9.59 Å². The van der Waals surface area contributed by atoms with E-state index in [1.165, 1.54) is 16.7 Å². The number of thioether (sulfide) groups is 1. The van der Waals surface area contributed by atoms with Gasteiger partial charge in [0.05, 0.1) is 12.1 Å². The Morgan fingerprint density at radius 2 is 1.96 bits per heavy atom. The molecule has 1 heterocycles.